The molecule has 0 radical (unpaired) electrons. The normalized spacial score (nSPS) is 11.0. The lowest BCUT2D eigenvalue weighted by Gasteiger charge is -2.02. The smallest absolute Gasteiger partial charge is 0.0684 e. The van der Waals surface area contributed by atoms with Gasteiger partial charge in [0.1, 0.15) is 0 Å². The number of benzene rings is 1. The number of hydrogen-bond donors (Lipinski definition) is 1. The summed E-state index contributed by atoms with van der Waals surface area (Å²) in [6.07, 6.45) is 3.87. The quantitative estimate of drug-likeness (QED) is 0.738. The SMILES string of the molecule is Cc1cc(C=CCCl)ccc1CO. The van der Waals surface area contributed by atoms with Gasteiger partial charge >= 0.3 is 0 Å². The minimum atomic E-state index is 0.103. The summed E-state index contributed by atoms with van der Waals surface area (Å²) < 4.78 is 0. The first kappa shape index (κ1) is 10.3. The minimum absolute atomic E-state index is 0.103. The Labute approximate surface area is 83.7 Å². The van der Waals surface area contributed by atoms with Gasteiger partial charge in [0.15, 0.2) is 0 Å². The second kappa shape index (κ2) is 5.05. The Bertz CT molecular complexity index is 305. The fraction of sp³-hybridized carbons (Fsp3) is 0.273. The molecule has 0 amide bonds. The lowest BCUT2D eigenvalue weighted by Crippen LogP contribution is -1.88. The molecule has 0 fully saturated rings. The molecule has 0 bridgehead atoms. The Balaban J connectivity index is 2.89. The van der Waals surface area contributed by atoms with Crippen LogP contribution in [0.3, 0.4) is 0 Å². The average molecular weight is 197 g/mol. The van der Waals surface area contributed by atoms with E-state index in [4.69, 9.17) is 16.7 Å². The van der Waals surface area contributed by atoms with Gasteiger partial charge in [-0.15, -0.1) is 11.6 Å². The van der Waals surface area contributed by atoms with Crippen molar-refractivity contribution >= 4 is 17.7 Å². The van der Waals surface area contributed by atoms with Crippen molar-refractivity contribution in [2.45, 2.75) is 13.5 Å². The fourth-order valence-electron chi connectivity index (χ4n) is 1.18. The van der Waals surface area contributed by atoms with Gasteiger partial charge in [-0.3, -0.25) is 0 Å². The molecule has 1 rings (SSSR count). The van der Waals surface area contributed by atoms with Crippen molar-refractivity contribution in [1.82, 2.24) is 0 Å². The largest absolute Gasteiger partial charge is 0.392 e. The van der Waals surface area contributed by atoms with E-state index in [0.29, 0.717) is 5.88 Å². The number of allylic oxidation sites excluding steroid dienone is 1. The number of hydrogen-bond acceptors (Lipinski definition) is 1. The topological polar surface area (TPSA) is 20.2 Å². The summed E-state index contributed by atoms with van der Waals surface area (Å²) in [5.41, 5.74) is 3.21. The zero-order chi connectivity index (χ0) is 9.68. The van der Waals surface area contributed by atoms with Crippen molar-refractivity contribution < 1.29 is 5.11 Å². The zero-order valence-corrected chi connectivity index (χ0v) is 8.38. The first-order chi connectivity index (χ1) is 6.27. The van der Waals surface area contributed by atoms with Crippen LogP contribution in [0.25, 0.3) is 6.08 Å². The molecule has 1 N–H and O–H groups in total. The lowest BCUT2D eigenvalue weighted by atomic mass is 10.1. The molecule has 1 aromatic carbocycles. The van der Waals surface area contributed by atoms with Crippen molar-refractivity contribution in [2.24, 2.45) is 0 Å². The van der Waals surface area contributed by atoms with E-state index >= 15 is 0 Å². The summed E-state index contributed by atoms with van der Waals surface area (Å²) >= 11 is 5.52. The van der Waals surface area contributed by atoms with Crippen LogP contribution < -0.4 is 0 Å². The highest BCUT2D eigenvalue weighted by Gasteiger charge is 1.95. The van der Waals surface area contributed by atoms with Crippen molar-refractivity contribution in [2.75, 3.05) is 5.88 Å². The number of aliphatic hydroxyl groups is 1. The van der Waals surface area contributed by atoms with E-state index in [1.54, 1.807) is 0 Å². The van der Waals surface area contributed by atoms with E-state index in [-0.39, 0.29) is 6.61 Å². The van der Waals surface area contributed by atoms with Crippen LogP contribution in [-0.4, -0.2) is 11.0 Å². The van der Waals surface area contributed by atoms with E-state index < -0.39 is 0 Å². The van der Waals surface area contributed by atoms with E-state index in [1.807, 2.05) is 37.3 Å². The monoisotopic (exact) mass is 196 g/mol. The second-order valence-electron chi connectivity index (χ2n) is 2.90. The lowest BCUT2D eigenvalue weighted by molar-refractivity contribution is 0.281. The molecule has 0 aliphatic rings. The van der Waals surface area contributed by atoms with Gasteiger partial charge in [0.2, 0.25) is 0 Å². The highest BCUT2D eigenvalue weighted by molar-refractivity contribution is 6.19. The first-order valence-electron chi connectivity index (χ1n) is 4.21. The molecule has 0 unspecified atom stereocenters. The second-order valence-corrected chi connectivity index (χ2v) is 3.21. The highest BCUT2D eigenvalue weighted by Crippen LogP contribution is 2.12. The third-order valence-corrected chi connectivity index (χ3v) is 2.11. The van der Waals surface area contributed by atoms with Gasteiger partial charge in [0.05, 0.1) is 6.61 Å². The van der Waals surface area contributed by atoms with Gasteiger partial charge < -0.3 is 5.11 Å². The van der Waals surface area contributed by atoms with Gasteiger partial charge in [0.25, 0.3) is 0 Å². The van der Waals surface area contributed by atoms with Crippen LogP contribution >= 0.6 is 11.6 Å². The predicted octanol–water partition coefficient (Wildman–Crippen LogP) is 2.74. The van der Waals surface area contributed by atoms with Gasteiger partial charge in [-0.1, -0.05) is 30.4 Å². The third kappa shape index (κ3) is 2.87. The summed E-state index contributed by atoms with van der Waals surface area (Å²) in [4.78, 5) is 0. The molecule has 0 aliphatic heterocycles. The van der Waals surface area contributed by atoms with E-state index in [1.165, 1.54) is 0 Å². The van der Waals surface area contributed by atoms with Crippen LogP contribution in [0.15, 0.2) is 24.3 Å². The van der Waals surface area contributed by atoms with E-state index in [9.17, 15) is 0 Å². The molecule has 1 nitrogen and oxygen atoms in total. The van der Waals surface area contributed by atoms with Crippen LogP contribution in [0.5, 0.6) is 0 Å². The molecule has 0 aliphatic carbocycles. The van der Waals surface area contributed by atoms with Gasteiger partial charge in [-0.2, -0.15) is 0 Å². The summed E-state index contributed by atoms with van der Waals surface area (Å²) in [6, 6.07) is 5.94. The number of halogens is 1. The molecule has 1 aromatic rings. The molecule has 13 heavy (non-hydrogen) atoms. The standard InChI is InChI=1S/C11H13ClO/c1-9-7-10(3-2-6-12)4-5-11(9)8-13/h2-5,7,13H,6,8H2,1H3. The Morgan fingerprint density at radius 2 is 2.23 bits per heavy atom. The molecule has 0 spiro atoms. The van der Waals surface area contributed by atoms with Gasteiger partial charge in [-0.25, -0.2) is 0 Å². The predicted molar refractivity (Wildman–Crippen MR) is 56.9 cm³/mol. The fourth-order valence-corrected chi connectivity index (χ4v) is 1.27. The Morgan fingerprint density at radius 1 is 1.46 bits per heavy atom. The van der Waals surface area contributed by atoms with Crippen LogP contribution in [-0.2, 0) is 6.61 Å². The molecule has 70 valence electrons. The Morgan fingerprint density at radius 3 is 2.77 bits per heavy atom. The molecule has 0 aromatic heterocycles. The highest BCUT2D eigenvalue weighted by atomic mass is 35.5. The maximum Gasteiger partial charge on any atom is 0.0684 e. The molecular weight excluding hydrogens is 184 g/mol. The Kier molecular flexibility index (Phi) is 4.00. The summed E-state index contributed by atoms with van der Waals surface area (Å²) in [6.45, 7) is 2.09. The number of alkyl halides is 1. The summed E-state index contributed by atoms with van der Waals surface area (Å²) in [5, 5.41) is 8.95. The number of rotatable bonds is 3. The molecule has 0 atom stereocenters. The summed E-state index contributed by atoms with van der Waals surface area (Å²) in [7, 11) is 0. The first-order valence-corrected chi connectivity index (χ1v) is 4.74. The van der Waals surface area contributed by atoms with Gasteiger partial charge in [0, 0.05) is 5.88 Å². The van der Waals surface area contributed by atoms with Crippen molar-refractivity contribution in [3.8, 4) is 0 Å². The molecular formula is C11H13ClO. The maximum absolute atomic E-state index is 8.95. The number of aryl methyl sites for hydroxylation is 1. The molecule has 0 heterocycles. The van der Waals surface area contributed by atoms with Crippen LogP contribution in [0, 0.1) is 6.92 Å². The van der Waals surface area contributed by atoms with Crippen LogP contribution in [0.2, 0.25) is 0 Å². The third-order valence-electron chi connectivity index (χ3n) is 1.94. The van der Waals surface area contributed by atoms with E-state index in [2.05, 4.69) is 0 Å². The average Bonchev–Trinajstić information content (AvgIpc) is 2.15. The molecule has 0 saturated heterocycles. The van der Waals surface area contributed by atoms with Crippen molar-refractivity contribution in [3.63, 3.8) is 0 Å². The molecule has 2 heteroatoms. The van der Waals surface area contributed by atoms with Gasteiger partial charge in [-0.05, 0) is 23.6 Å². The zero-order valence-electron chi connectivity index (χ0n) is 7.63. The minimum Gasteiger partial charge on any atom is -0.392 e. The van der Waals surface area contributed by atoms with Crippen LogP contribution in [0.4, 0.5) is 0 Å². The maximum atomic E-state index is 8.95. The van der Waals surface area contributed by atoms with Crippen molar-refractivity contribution in [1.29, 1.82) is 0 Å². The van der Waals surface area contributed by atoms with E-state index in [0.717, 1.165) is 16.7 Å². The summed E-state index contributed by atoms with van der Waals surface area (Å²) in [5.74, 6) is 0.529. The van der Waals surface area contributed by atoms with Crippen molar-refractivity contribution in [3.05, 3.63) is 41.0 Å². The molecule has 0 saturated carbocycles. The van der Waals surface area contributed by atoms with Crippen LogP contribution in [0.1, 0.15) is 16.7 Å². The number of aliphatic hydroxyl groups excluding tert-OH is 1. The Hall–Kier alpha value is -0.790.